The van der Waals surface area contributed by atoms with Crippen molar-refractivity contribution in [2.24, 2.45) is 0 Å². The summed E-state index contributed by atoms with van der Waals surface area (Å²) in [4.78, 5) is 22.5. The number of anilines is 2. The van der Waals surface area contributed by atoms with Crippen LogP contribution in [0.5, 0.6) is 11.5 Å². The summed E-state index contributed by atoms with van der Waals surface area (Å²) in [6.45, 7) is 2.95. The lowest BCUT2D eigenvalue weighted by atomic mass is 10.0. The second-order valence-corrected chi connectivity index (χ2v) is 9.99. The SMILES string of the molecule is COc1c(Cl)cccc1Nc1c(-c2ccncc2OCC2CN(CC(F)F)CCO2)[nH]c2c1C(=O)NC(C)C2. The number of hydrogen-bond donors (Lipinski definition) is 3. The molecule has 0 aliphatic carbocycles. The summed E-state index contributed by atoms with van der Waals surface area (Å²) in [7, 11) is 1.53. The van der Waals surface area contributed by atoms with Crippen LogP contribution in [0.15, 0.2) is 36.7 Å². The van der Waals surface area contributed by atoms with E-state index in [1.54, 1.807) is 35.5 Å². The van der Waals surface area contributed by atoms with Gasteiger partial charge in [-0.05, 0) is 25.1 Å². The van der Waals surface area contributed by atoms with Crippen LogP contribution >= 0.6 is 11.6 Å². The molecule has 3 aromatic rings. The zero-order valence-electron chi connectivity index (χ0n) is 21.6. The highest BCUT2D eigenvalue weighted by molar-refractivity contribution is 6.32. The van der Waals surface area contributed by atoms with Crippen LogP contribution in [0.2, 0.25) is 5.02 Å². The van der Waals surface area contributed by atoms with Gasteiger partial charge in [-0.3, -0.25) is 14.7 Å². The number of halogens is 3. The van der Waals surface area contributed by atoms with E-state index in [1.807, 2.05) is 13.0 Å². The molecule has 1 fully saturated rings. The predicted octanol–water partition coefficient (Wildman–Crippen LogP) is 4.50. The Balaban J connectivity index is 1.48. The number of benzene rings is 1. The molecule has 0 saturated carbocycles. The van der Waals surface area contributed by atoms with E-state index in [0.29, 0.717) is 70.8 Å². The van der Waals surface area contributed by atoms with Crippen LogP contribution in [0.1, 0.15) is 23.0 Å². The van der Waals surface area contributed by atoms with E-state index in [-0.39, 0.29) is 31.2 Å². The number of carbonyl (C=O) groups is 1. The van der Waals surface area contributed by atoms with Crippen LogP contribution in [-0.2, 0) is 11.2 Å². The second kappa shape index (κ2) is 11.8. The Morgan fingerprint density at radius 2 is 2.18 bits per heavy atom. The van der Waals surface area contributed by atoms with Gasteiger partial charge in [-0.15, -0.1) is 0 Å². The number of morpholine rings is 1. The molecule has 0 radical (unpaired) electrons. The zero-order chi connectivity index (χ0) is 27.5. The van der Waals surface area contributed by atoms with E-state index in [9.17, 15) is 13.6 Å². The fraction of sp³-hybridized carbons (Fsp3) is 0.407. The molecule has 4 heterocycles. The molecule has 208 valence electrons. The van der Waals surface area contributed by atoms with Gasteiger partial charge in [-0.1, -0.05) is 17.7 Å². The van der Waals surface area contributed by atoms with Gasteiger partial charge in [0, 0.05) is 43.0 Å². The van der Waals surface area contributed by atoms with Crippen molar-refractivity contribution in [2.75, 3.05) is 45.3 Å². The van der Waals surface area contributed by atoms with Gasteiger partial charge >= 0.3 is 0 Å². The maximum Gasteiger partial charge on any atom is 0.255 e. The Bertz CT molecular complexity index is 1340. The van der Waals surface area contributed by atoms with Crippen molar-refractivity contribution in [3.8, 4) is 22.8 Å². The quantitative estimate of drug-likeness (QED) is 0.354. The monoisotopic (exact) mass is 561 g/mol. The first-order chi connectivity index (χ1) is 18.8. The molecule has 2 aromatic heterocycles. The Morgan fingerprint density at radius 1 is 1.33 bits per heavy atom. The van der Waals surface area contributed by atoms with E-state index in [2.05, 4.69) is 20.6 Å². The van der Waals surface area contributed by atoms with Gasteiger partial charge in [-0.2, -0.15) is 0 Å². The first-order valence-electron chi connectivity index (χ1n) is 12.7. The molecule has 2 atom stereocenters. The number of fused-ring (bicyclic) bond motifs is 1. The molecular weight excluding hydrogens is 532 g/mol. The number of nitrogens with one attached hydrogen (secondary N) is 3. The summed E-state index contributed by atoms with van der Waals surface area (Å²) >= 11 is 6.36. The molecular formula is C27H30ClF2N5O4. The van der Waals surface area contributed by atoms with Crippen LogP contribution < -0.4 is 20.1 Å². The van der Waals surface area contributed by atoms with Crippen molar-refractivity contribution in [2.45, 2.75) is 31.9 Å². The molecule has 0 spiro atoms. The van der Waals surface area contributed by atoms with Crippen LogP contribution in [0.3, 0.4) is 0 Å². The predicted molar refractivity (Wildman–Crippen MR) is 144 cm³/mol. The van der Waals surface area contributed by atoms with E-state index < -0.39 is 6.43 Å². The zero-order valence-corrected chi connectivity index (χ0v) is 22.4. The summed E-state index contributed by atoms with van der Waals surface area (Å²) in [5.41, 5.74) is 3.71. The number of aromatic nitrogens is 2. The smallest absolute Gasteiger partial charge is 0.255 e. The molecule has 9 nitrogen and oxygen atoms in total. The second-order valence-electron chi connectivity index (χ2n) is 9.58. The standard InChI is InChI=1S/C27H30ClF2N5O4/c1-15-10-20-23(27(36)32-15)25(33-19-5-3-4-18(28)26(19)37-2)24(34-20)17-6-7-31-11-21(17)39-14-16-12-35(8-9-38-16)13-22(29)30/h3-7,11,15-16,22,33-34H,8-10,12-14H2,1-2H3,(H,32,36). The minimum atomic E-state index is -2.41. The van der Waals surface area contributed by atoms with Gasteiger partial charge in [0.05, 0.1) is 54.1 Å². The van der Waals surface area contributed by atoms with Crippen molar-refractivity contribution in [1.82, 2.24) is 20.2 Å². The maximum atomic E-state index is 13.2. The Morgan fingerprint density at radius 3 is 2.97 bits per heavy atom. The van der Waals surface area contributed by atoms with Gasteiger partial charge in [0.25, 0.3) is 12.3 Å². The normalized spacial score (nSPS) is 19.5. The summed E-state index contributed by atoms with van der Waals surface area (Å²) in [6, 6.07) is 7.07. The number of rotatable bonds is 9. The van der Waals surface area contributed by atoms with Gasteiger partial charge in [0.15, 0.2) is 5.75 Å². The van der Waals surface area contributed by atoms with Crippen molar-refractivity contribution in [1.29, 1.82) is 0 Å². The largest absolute Gasteiger partial charge is 0.493 e. The molecule has 3 N–H and O–H groups in total. The lowest BCUT2D eigenvalue weighted by molar-refractivity contribution is -0.0604. The van der Waals surface area contributed by atoms with Gasteiger partial charge in [0.2, 0.25) is 0 Å². The summed E-state index contributed by atoms with van der Waals surface area (Å²) in [6.07, 6.45) is 1.05. The van der Waals surface area contributed by atoms with Crippen molar-refractivity contribution in [3.05, 3.63) is 52.9 Å². The number of nitrogens with zero attached hydrogens (tertiary/aromatic N) is 2. The van der Waals surface area contributed by atoms with Crippen molar-refractivity contribution in [3.63, 3.8) is 0 Å². The van der Waals surface area contributed by atoms with Crippen LogP contribution in [-0.4, -0.2) is 79.3 Å². The van der Waals surface area contributed by atoms with Crippen molar-refractivity contribution >= 4 is 28.9 Å². The van der Waals surface area contributed by atoms with Crippen LogP contribution in [0.4, 0.5) is 20.2 Å². The molecule has 1 aromatic carbocycles. The number of H-pyrrole nitrogens is 1. The first kappa shape index (κ1) is 27.2. The average Bonchev–Trinajstić information content (AvgIpc) is 3.25. The third-order valence-corrected chi connectivity index (χ3v) is 7.02. The Hall–Kier alpha value is -3.41. The highest BCUT2D eigenvalue weighted by Gasteiger charge is 2.31. The lowest BCUT2D eigenvalue weighted by Gasteiger charge is -2.32. The summed E-state index contributed by atoms with van der Waals surface area (Å²) < 4.78 is 43.2. The van der Waals surface area contributed by atoms with Gasteiger partial charge in [-0.25, -0.2) is 8.78 Å². The number of hydrogen-bond acceptors (Lipinski definition) is 7. The van der Waals surface area contributed by atoms with E-state index in [4.69, 9.17) is 25.8 Å². The fourth-order valence-corrected chi connectivity index (χ4v) is 5.26. The molecule has 2 unspecified atom stereocenters. The molecule has 1 amide bonds. The van der Waals surface area contributed by atoms with Gasteiger partial charge < -0.3 is 29.8 Å². The van der Waals surface area contributed by atoms with Gasteiger partial charge in [0.1, 0.15) is 18.5 Å². The minimum absolute atomic E-state index is 0.0437. The number of ether oxygens (including phenoxy) is 3. The van der Waals surface area contributed by atoms with E-state index in [0.717, 1.165) is 5.69 Å². The highest BCUT2D eigenvalue weighted by Crippen LogP contribution is 2.43. The number of para-hydroxylation sites is 1. The molecule has 1 saturated heterocycles. The topological polar surface area (TPSA) is 101 Å². The number of methoxy groups -OCH3 is 1. The van der Waals surface area contributed by atoms with E-state index in [1.165, 1.54) is 7.11 Å². The Kier molecular flexibility index (Phi) is 8.20. The van der Waals surface area contributed by atoms with Crippen LogP contribution in [0, 0.1) is 0 Å². The van der Waals surface area contributed by atoms with E-state index >= 15 is 0 Å². The summed E-state index contributed by atoms with van der Waals surface area (Å²) in [5.74, 6) is 0.694. The van der Waals surface area contributed by atoms with Crippen molar-refractivity contribution < 1.29 is 27.8 Å². The molecule has 12 heteroatoms. The summed E-state index contributed by atoms with van der Waals surface area (Å²) in [5, 5.41) is 6.78. The number of alkyl halides is 2. The maximum absolute atomic E-state index is 13.2. The average molecular weight is 562 g/mol. The minimum Gasteiger partial charge on any atom is -0.493 e. The highest BCUT2D eigenvalue weighted by atomic mass is 35.5. The number of pyridine rings is 1. The first-order valence-corrected chi connectivity index (χ1v) is 13.1. The Labute approximate surface area is 229 Å². The van der Waals surface area contributed by atoms with Crippen LogP contribution in [0.25, 0.3) is 11.3 Å². The number of aromatic amines is 1. The third kappa shape index (κ3) is 5.95. The molecule has 2 aliphatic rings. The molecule has 39 heavy (non-hydrogen) atoms. The molecule has 0 bridgehead atoms. The number of carbonyl (C=O) groups excluding carboxylic acids is 1. The number of amides is 1. The molecule has 5 rings (SSSR count). The third-order valence-electron chi connectivity index (χ3n) is 6.72. The lowest BCUT2D eigenvalue weighted by Crippen LogP contribution is -2.46. The fourth-order valence-electron chi connectivity index (χ4n) is 5.01. The molecule has 2 aliphatic heterocycles.